The molecule has 4 nitrogen and oxygen atoms in total. The lowest BCUT2D eigenvalue weighted by Crippen LogP contribution is -2.32. The number of hydrogen-bond acceptors (Lipinski definition) is 3. The molecule has 0 aromatic heterocycles. The molecule has 1 N–H and O–H groups in total. The lowest BCUT2D eigenvalue weighted by molar-refractivity contribution is -0.117. The number of nitrogens with one attached hydrogen (secondary N) is 1. The molecule has 1 heterocycles. The lowest BCUT2D eigenvalue weighted by atomic mass is 10.1. The standard InChI is InChI=1S/C19H25NO3/c1-4-22-17-11-16-9-12(2)23-18(16)10-15(17)7-8-19(21)20-13(3)14-5-6-14/h7-8,10-14H,4-6,9H2,1-3H3,(H,20,21)/b8-7+. The Hall–Kier alpha value is -1.97. The first-order valence-electron chi connectivity index (χ1n) is 8.51. The average molecular weight is 315 g/mol. The minimum Gasteiger partial charge on any atom is -0.493 e. The van der Waals surface area contributed by atoms with Crippen LogP contribution < -0.4 is 14.8 Å². The number of carbonyl (C=O) groups excluding carboxylic acids is 1. The molecular weight excluding hydrogens is 290 g/mol. The Morgan fingerprint density at radius 2 is 2.26 bits per heavy atom. The van der Waals surface area contributed by atoms with Gasteiger partial charge in [0.05, 0.1) is 6.61 Å². The van der Waals surface area contributed by atoms with Crippen LogP contribution in [-0.4, -0.2) is 24.7 Å². The predicted molar refractivity (Wildman–Crippen MR) is 90.8 cm³/mol. The summed E-state index contributed by atoms with van der Waals surface area (Å²) in [6.07, 6.45) is 6.94. The van der Waals surface area contributed by atoms with Gasteiger partial charge in [0.15, 0.2) is 0 Å². The van der Waals surface area contributed by atoms with E-state index in [1.807, 2.05) is 25.1 Å². The number of rotatable bonds is 6. The second-order valence-corrected chi connectivity index (χ2v) is 6.53. The van der Waals surface area contributed by atoms with Crippen LogP contribution in [0.2, 0.25) is 0 Å². The van der Waals surface area contributed by atoms with Gasteiger partial charge in [-0.15, -0.1) is 0 Å². The Kier molecular flexibility index (Phi) is 4.60. The number of amides is 1. The SMILES string of the molecule is CCOc1cc2c(cc1/C=C/C(=O)NC(C)C1CC1)OC(C)C2. The van der Waals surface area contributed by atoms with Crippen molar-refractivity contribution in [1.82, 2.24) is 5.32 Å². The number of benzene rings is 1. The van der Waals surface area contributed by atoms with Gasteiger partial charge in [0, 0.05) is 29.7 Å². The monoisotopic (exact) mass is 315 g/mol. The molecule has 0 radical (unpaired) electrons. The first-order valence-corrected chi connectivity index (χ1v) is 8.51. The molecule has 1 aliphatic carbocycles. The third-order valence-electron chi connectivity index (χ3n) is 4.44. The lowest BCUT2D eigenvalue weighted by Gasteiger charge is -2.11. The summed E-state index contributed by atoms with van der Waals surface area (Å²) in [4.78, 5) is 12.0. The van der Waals surface area contributed by atoms with Crippen molar-refractivity contribution >= 4 is 12.0 Å². The number of hydrogen-bond donors (Lipinski definition) is 1. The van der Waals surface area contributed by atoms with E-state index >= 15 is 0 Å². The molecule has 23 heavy (non-hydrogen) atoms. The van der Waals surface area contributed by atoms with E-state index in [0.29, 0.717) is 12.5 Å². The fourth-order valence-electron chi connectivity index (χ4n) is 3.02. The summed E-state index contributed by atoms with van der Waals surface area (Å²) in [7, 11) is 0. The zero-order chi connectivity index (χ0) is 16.4. The fraction of sp³-hybridized carbons (Fsp3) is 0.526. The Morgan fingerprint density at radius 1 is 1.48 bits per heavy atom. The van der Waals surface area contributed by atoms with Gasteiger partial charge in [0.25, 0.3) is 0 Å². The highest BCUT2D eigenvalue weighted by molar-refractivity contribution is 5.92. The summed E-state index contributed by atoms with van der Waals surface area (Å²) in [6, 6.07) is 4.26. The van der Waals surface area contributed by atoms with Gasteiger partial charge < -0.3 is 14.8 Å². The Labute approximate surface area is 137 Å². The van der Waals surface area contributed by atoms with Crippen LogP contribution in [0, 0.1) is 5.92 Å². The summed E-state index contributed by atoms with van der Waals surface area (Å²) in [5.74, 6) is 2.30. The predicted octanol–water partition coefficient (Wildman–Crippen LogP) is 3.34. The van der Waals surface area contributed by atoms with E-state index in [0.717, 1.165) is 23.5 Å². The topological polar surface area (TPSA) is 47.6 Å². The van der Waals surface area contributed by atoms with Gasteiger partial charge in [-0.1, -0.05) is 0 Å². The van der Waals surface area contributed by atoms with Crippen molar-refractivity contribution in [1.29, 1.82) is 0 Å². The summed E-state index contributed by atoms with van der Waals surface area (Å²) in [5, 5.41) is 3.03. The highest BCUT2D eigenvalue weighted by Gasteiger charge is 2.28. The summed E-state index contributed by atoms with van der Waals surface area (Å²) in [5.41, 5.74) is 2.05. The number of ether oxygens (including phenoxy) is 2. The van der Waals surface area contributed by atoms with E-state index in [1.54, 1.807) is 6.08 Å². The molecule has 2 aliphatic rings. The second-order valence-electron chi connectivity index (χ2n) is 6.53. The number of fused-ring (bicyclic) bond motifs is 1. The van der Waals surface area contributed by atoms with E-state index in [4.69, 9.17) is 9.47 Å². The molecule has 124 valence electrons. The molecule has 3 rings (SSSR count). The molecule has 1 aromatic rings. The zero-order valence-electron chi connectivity index (χ0n) is 14.1. The van der Waals surface area contributed by atoms with Crippen LogP contribution in [0.4, 0.5) is 0 Å². The van der Waals surface area contributed by atoms with Gasteiger partial charge in [-0.25, -0.2) is 0 Å². The third-order valence-corrected chi connectivity index (χ3v) is 4.44. The van der Waals surface area contributed by atoms with Gasteiger partial charge in [-0.05, 0) is 57.7 Å². The smallest absolute Gasteiger partial charge is 0.244 e. The summed E-state index contributed by atoms with van der Waals surface area (Å²) >= 11 is 0. The first-order chi connectivity index (χ1) is 11.1. The maximum Gasteiger partial charge on any atom is 0.244 e. The molecule has 1 fully saturated rings. The molecule has 1 aliphatic heterocycles. The third kappa shape index (κ3) is 3.87. The van der Waals surface area contributed by atoms with Crippen molar-refractivity contribution in [3.05, 3.63) is 29.3 Å². The Bertz CT molecular complexity index is 619. The van der Waals surface area contributed by atoms with Crippen molar-refractivity contribution in [3.63, 3.8) is 0 Å². The van der Waals surface area contributed by atoms with Gasteiger partial charge in [-0.2, -0.15) is 0 Å². The minimum atomic E-state index is -0.0540. The highest BCUT2D eigenvalue weighted by Crippen LogP contribution is 2.36. The van der Waals surface area contributed by atoms with Crippen molar-refractivity contribution in [2.75, 3.05) is 6.61 Å². The molecule has 2 atom stereocenters. The van der Waals surface area contributed by atoms with Gasteiger partial charge >= 0.3 is 0 Å². The molecule has 1 saturated carbocycles. The average Bonchev–Trinajstić information content (AvgIpc) is 3.28. The van der Waals surface area contributed by atoms with Crippen molar-refractivity contribution < 1.29 is 14.3 Å². The quantitative estimate of drug-likeness (QED) is 0.819. The fourth-order valence-corrected chi connectivity index (χ4v) is 3.02. The van der Waals surface area contributed by atoms with Gasteiger partial charge in [-0.3, -0.25) is 4.79 Å². The first kappa shape index (κ1) is 15.9. The molecule has 4 heteroatoms. The van der Waals surface area contributed by atoms with E-state index < -0.39 is 0 Å². The van der Waals surface area contributed by atoms with E-state index in [-0.39, 0.29) is 18.1 Å². The molecule has 0 spiro atoms. The molecule has 0 saturated heterocycles. The van der Waals surface area contributed by atoms with Crippen molar-refractivity contribution in [2.45, 2.75) is 52.2 Å². The largest absolute Gasteiger partial charge is 0.493 e. The minimum absolute atomic E-state index is 0.0540. The maximum absolute atomic E-state index is 12.0. The molecule has 1 amide bonds. The van der Waals surface area contributed by atoms with Crippen LogP contribution in [-0.2, 0) is 11.2 Å². The van der Waals surface area contributed by atoms with Crippen LogP contribution in [0.15, 0.2) is 18.2 Å². The van der Waals surface area contributed by atoms with E-state index in [9.17, 15) is 4.79 Å². The highest BCUT2D eigenvalue weighted by atomic mass is 16.5. The van der Waals surface area contributed by atoms with Crippen LogP contribution in [0.1, 0.15) is 44.7 Å². The van der Waals surface area contributed by atoms with Crippen LogP contribution >= 0.6 is 0 Å². The molecule has 0 bridgehead atoms. The number of carbonyl (C=O) groups is 1. The second kappa shape index (κ2) is 6.65. The Morgan fingerprint density at radius 3 is 2.96 bits per heavy atom. The summed E-state index contributed by atoms with van der Waals surface area (Å²) in [6.45, 7) is 6.69. The normalized spacial score (nSPS) is 20.9. The van der Waals surface area contributed by atoms with Crippen molar-refractivity contribution in [2.24, 2.45) is 5.92 Å². The molecular formula is C19H25NO3. The zero-order valence-corrected chi connectivity index (χ0v) is 14.1. The maximum atomic E-state index is 12.0. The van der Waals surface area contributed by atoms with E-state index in [1.165, 1.54) is 18.4 Å². The Balaban J connectivity index is 1.74. The molecule has 1 aromatic carbocycles. The molecule has 2 unspecified atom stereocenters. The van der Waals surface area contributed by atoms with Crippen LogP contribution in [0.25, 0.3) is 6.08 Å². The summed E-state index contributed by atoms with van der Waals surface area (Å²) < 4.78 is 11.5. The van der Waals surface area contributed by atoms with Crippen LogP contribution in [0.5, 0.6) is 11.5 Å². The van der Waals surface area contributed by atoms with E-state index in [2.05, 4.69) is 19.2 Å². The van der Waals surface area contributed by atoms with Crippen LogP contribution in [0.3, 0.4) is 0 Å². The van der Waals surface area contributed by atoms with Crippen molar-refractivity contribution in [3.8, 4) is 11.5 Å². The van der Waals surface area contributed by atoms with Gasteiger partial charge in [0.2, 0.25) is 5.91 Å². The van der Waals surface area contributed by atoms with Gasteiger partial charge in [0.1, 0.15) is 17.6 Å².